The first kappa shape index (κ1) is 14.8. The van der Waals surface area contributed by atoms with Crippen LogP contribution in [0.2, 0.25) is 5.02 Å². The van der Waals surface area contributed by atoms with Crippen molar-refractivity contribution in [1.29, 1.82) is 0 Å². The summed E-state index contributed by atoms with van der Waals surface area (Å²) in [5, 5.41) is 3.73. The summed E-state index contributed by atoms with van der Waals surface area (Å²) in [7, 11) is 0. The lowest BCUT2D eigenvalue weighted by atomic mass is 10.1. The fourth-order valence-corrected chi connectivity index (χ4v) is 2.02. The largest absolute Gasteiger partial charge is 0.420 e. The van der Waals surface area contributed by atoms with Gasteiger partial charge in [0.05, 0.1) is 10.6 Å². The Kier molecular flexibility index (Phi) is 3.77. The van der Waals surface area contributed by atoms with Crippen molar-refractivity contribution >= 4 is 11.6 Å². The van der Waals surface area contributed by atoms with Crippen LogP contribution in [-0.4, -0.2) is 9.78 Å². The average Bonchev–Trinajstić information content (AvgIpc) is 2.73. The number of alkyl halides is 3. The quantitative estimate of drug-likeness (QED) is 0.718. The van der Waals surface area contributed by atoms with E-state index in [2.05, 4.69) is 5.10 Å². The Labute approximate surface area is 118 Å². The Hall–Kier alpha value is -1.56. The molecule has 1 heterocycles. The van der Waals surface area contributed by atoms with Gasteiger partial charge in [0.2, 0.25) is 0 Å². The SMILES string of the molecule is CC(C)n1cc(C(F)(F)F)c(-c2c(F)cccc2Cl)n1. The predicted molar refractivity (Wildman–Crippen MR) is 68.0 cm³/mol. The average molecular weight is 307 g/mol. The molecule has 1 aromatic heterocycles. The molecule has 108 valence electrons. The Balaban J connectivity index is 2.73. The minimum atomic E-state index is -4.63. The highest BCUT2D eigenvalue weighted by atomic mass is 35.5. The Morgan fingerprint density at radius 3 is 2.40 bits per heavy atom. The van der Waals surface area contributed by atoms with Gasteiger partial charge in [0.15, 0.2) is 0 Å². The zero-order valence-corrected chi connectivity index (χ0v) is 11.4. The molecule has 2 nitrogen and oxygen atoms in total. The Morgan fingerprint density at radius 2 is 1.90 bits per heavy atom. The molecule has 7 heteroatoms. The molecule has 0 radical (unpaired) electrons. The van der Waals surface area contributed by atoms with Gasteiger partial charge in [-0.1, -0.05) is 17.7 Å². The van der Waals surface area contributed by atoms with Crippen LogP contribution in [0.3, 0.4) is 0 Å². The van der Waals surface area contributed by atoms with E-state index < -0.39 is 23.3 Å². The van der Waals surface area contributed by atoms with E-state index in [1.807, 2.05) is 0 Å². The van der Waals surface area contributed by atoms with Crippen molar-refractivity contribution in [3.05, 3.63) is 40.8 Å². The van der Waals surface area contributed by atoms with Gasteiger partial charge in [-0.15, -0.1) is 0 Å². The number of nitrogens with zero attached hydrogens (tertiary/aromatic N) is 2. The number of hydrogen-bond donors (Lipinski definition) is 0. The van der Waals surface area contributed by atoms with E-state index in [0.717, 1.165) is 16.9 Å². The van der Waals surface area contributed by atoms with Gasteiger partial charge in [-0.2, -0.15) is 18.3 Å². The standard InChI is InChI=1S/C13H11ClF4N2/c1-7(2)20-6-8(13(16,17)18)12(19-20)11-9(14)4-3-5-10(11)15/h3-7H,1-2H3. The summed E-state index contributed by atoms with van der Waals surface area (Å²) in [6.07, 6.45) is -3.77. The molecule has 0 amide bonds. The minimum Gasteiger partial charge on any atom is -0.269 e. The van der Waals surface area contributed by atoms with E-state index in [0.29, 0.717) is 0 Å². The molecule has 0 saturated carbocycles. The molecule has 0 saturated heterocycles. The van der Waals surface area contributed by atoms with E-state index in [1.54, 1.807) is 13.8 Å². The van der Waals surface area contributed by atoms with Gasteiger partial charge in [0.25, 0.3) is 0 Å². The van der Waals surface area contributed by atoms with E-state index >= 15 is 0 Å². The summed E-state index contributed by atoms with van der Waals surface area (Å²) in [5.74, 6) is -0.836. The van der Waals surface area contributed by atoms with Gasteiger partial charge in [-0.25, -0.2) is 4.39 Å². The summed E-state index contributed by atoms with van der Waals surface area (Å²) in [4.78, 5) is 0. The summed E-state index contributed by atoms with van der Waals surface area (Å²) < 4.78 is 54.1. The number of rotatable bonds is 2. The van der Waals surface area contributed by atoms with E-state index in [-0.39, 0.29) is 16.6 Å². The first-order valence-electron chi connectivity index (χ1n) is 5.82. The lowest BCUT2D eigenvalue weighted by Crippen LogP contribution is -2.06. The van der Waals surface area contributed by atoms with E-state index in [4.69, 9.17) is 11.6 Å². The molecule has 0 aliphatic heterocycles. The number of hydrogen-bond acceptors (Lipinski definition) is 1. The van der Waals surface area contributed by atoms with Crippen molar-refractivity contribution in [3.63, 3.8) is 0 Å². The van der Waals surface area contributed by atoms with Crippen LogP contribution >= 0.6 is 11.6 Å². The van der Waals surface area contributed by atoms with Crippen LogP contribution in [0.1, 0.15) is 25.5 Å². The zero-order valence-electron chi connectivity index (χ0n) is 10.7. The molecule has 0 aliphatic rings. The molecule has 0 fully saturated rings. The summed E-state index contributed by atoms with van der Waals surface area (Å²) in [6, 6.07) is 3.42. The highest BCUT2D eigenvalue weighted by Gasteiger charge is 2.37. The number of aromatic nitrogens is 2. The van der Waals surface area contributed by atoms with Crippen LogP contribution in [0.5, 0.6) is 0 Å². The van der Waals surface area contributed by atoms with Gasteiger partial charge in [0.1, 0.15) is 17.1 Å². The fraction of sp³-hybridized carbons (Fsp3) is 0.308. The molecule has 0 N–H and O–H groups in total. The first-order chi connectivity index (χ1) is 9.21. The van der Waals surface area contributed by atoms with Crippen LogP contribution in [-0.2, 0) is 6.18 Å². The lowest BCUT2D eigenvalue weighted by molar-refractivity contribution is -0.137. The zero-order chi connectivity index (χ0) is 15.1. The third-order valence-electron chi connectivity index (χ3n) is 2.77. The van der Waals surface area contributed by atoms with Gasteiger partial charge in [-0.3, -0.25) is 4.68 Å². The third-order valence-corrected chi connectivity index (χ3v) is 3.08. The van der Waals surface area contributed by atoms with E-state index in [1.165, 1.54) is 12.1 Å². The van der Waals surface area contributed by atoms with Gasteiger partial charge in [0, 0.05) is 12.2 Å². The van der Waals surface area contributed by atoms with Crippen LogP contribution in [0, 0.1) is 5.82 Å². The van der Waals surface area contributed by atoms with Crippen molar-refractivity contribution in [3.8, 4) is 11.3 Å². The smallest absolute Gasteiger partial charge is 0.269 e. The maximum atomic E-state index is 13.8. The Morgan fingerprint density at radius 1 is 1.25 bits per heavy atom. The van der Waals surface area contributed by atoms with Crippen molar-refractivity contribution in [2.75, 3.05) is 0 Å². The second-order valence-corrected chi connectivity index (χ2v) is 4.97. The first-order valence-corrected chi connectivity index (χ1v) is 6.20. The highest BCUT2D eigenvalue weighted by Crippen LogP contribution is 2.40. The molecular formula is C13H11ClF4N2. The molecule has 2 rings (SSSR count). The molecule has 0 unspecified atom stereocenters. The van der Waals surface area contributed by atoms with Gasteiger partial charge in [-0.05, 0) is 26.0 Å². The molecular weight excluding hydrogens is 296 g/mol. The van der Waals surface area contributed by atoms with Gasteiger partial charge >= 0.3 is 6.18 Å². The maximum absolute atomic E-state index is 13.8. The lowest BCUT2D eigenvalue weighted by Gasteiger charge is -2.08. The minimum absolute atomic E-state index is 0.107. The van der Waals surface area contributed by atoms with Crippen molar-refractivity contribution in [1.82, 2.24) is 9.78 Å². The van der Waals surface area contributed by atoms with Crippen molar-refractivity contribution in [2.45, 2.75) is 26.1 Å². The van der Waals surface area contributed by atoms with Crippen LogP contribution in [0.15, 0.2) is 24.4 Å². The second kappa shape index (κ2) is 5.09. The second-order valence-electron chi connectivity index (χ2n) is 4.56. The third kappa shape index (κ3) is 2.65. The predicted octanol–water partition coefficient (Wildman–Crippen LogP) is 4.94. The van der Waals surface area contributed by atoms with Crippen LogP contribution in [0.25, 0.3) is 11.3 Å². The fourth-order valence-electron chi connectivity index (χ4n) is 1.77. The van der Waals surface area contributed by atoms with Crippen LogP contribution in [0.4, 0.5) is 17.6 Å². The number of halogens is 5. The molecule has 0 atom stereocenters. The molecule has 0 bridgehead atoms. The van der Waals surface area contributed by atoms with Crippen LogP contribution < -0.4 is 0 Å². The maximum Gasteiger partial charge on any atom is 0.420 e. The molecule has 1 aromatic carbocycles. The Bertz CT molecular complexity index is 612. The van der Waals surface area contributed by atoms with Crippen molar-refractivity contribution < 1.29 is 17.6 Å². The van der Waals surface area contributed by atoms with Gasteiger partial charge < -0.3 is 0 Å². The topological polar surface area (TPSA) is 17.8 Å². The monoisotopic (exact) mass is 306 g/mol. The molecule has 20 heavy (non-hydrogen) atoms. The molecule has 0 aliphatic carbocycles. The highest BCUT2D eigenvalue weighted by molar-refractivity contribution is 6.33. The number of benzene rings is 1. The molecule has 2 aromatic rings. The summed E-state index contributed by atoms with van der Waals surface area (Å²) in [6.45, 7) is 3.36. The van der Waals surface area contributed by atoms with Crippen molar-refractivity contribution in [2.24, 2.45) is 0 Å². The summed E-state index contributed by atoms with van der Waals surface area (Å²) >= 11 is 5.82. The van der Waals surface area contributed by atoms with E-state index in [9.17, 15) is 17.6 Å². The summed E-state index contributed by atoms with van der Waals surface area (Å²) in [5.41, 5.74) is -1.83. The normalized spacial score (nSPS) is 12.2. The molecule has 0 spiro atoms.